The van der Waals surface area contributed by atoms with Crippen molar-refractivity contribution in [2.24, 2.45) is 5.18 Å². The summed E-state index contributed by atoms with van der Waals surface area (Å²) < 4.78 is 6.78. The van der Waals surface area contributed by atoms with Crippen LogP contribution in [0.25, 0.3) is 16.9 Å². The molecule has 6 heteroatoms. The second kappa shape index (κ2) is 5.34. The molecule has 6 nitrogen and oxygen atoms in total. The number of nitrogens with zero attached hydrogens (tertiary/aromatic N) is 3. The number of methoxy groups -OCH3 is 1. The standard InChI is InChI=1S/C15H13N3O3/c1-21-12-4-2-3-11(8-12)14-15(17-20)18-6-5-10(9-19)7-13(18)16-14/h2-8,19H,9H2,1H3. The molecule has 0 saturated carbocycles. The topological polar surface area (TPSA) is 76.2 Å². The van der Waals surface area contributed by atoms with Crippen LogP contribution >= 0.6 is 0 Å². The number of aliphatic hydroxyl groups is 1. The first-order valence-electron chi connectivity index (χ1n) is 6.36. The van der Waals surface area contributed by atoms with Crippen LogP contribution in [0.1, 0.15) is 5.56 Å². The van der Waals surface area contributed by atoms with Crippen molar-refractivity contribution in [3.05, 3.63) is 53.1 Å². The Morgan fingerprint density at radius 2 is 2.19 bits per heavy atom. The minimum absolute atomic E-state index is 0.0816. The number of nitroso groups, excluding NO2 is 1. The summed E-state index contributed by atoms with van der Waals surface area (Å²) in [7, 11) is 1.58. The molecule has 0 bridgehead atoms. The first kappa shape index (κ1) is 13.3. The summed E-state index contributed by atoms with van der Waals surface area (Å²) in [6.07, 6.45) is 1.67. The van der Waals surface area contributed by atoms with Crippen LogP contribution in [0.4, 0.5) is 5.82 Å². The molecule has 3 aromatic rings. The molecule has 0 aliphatic carbocycles. The number of hydrogen-bond donors (Lipinski definition) is 1. The van der Waals surface area contributed by atoms with Crippen molar-refractivity contribution >= 4 is 11.5 Å². The predicted octanol–water partition coefficient (Wildman–Crippen LogP) is 2.90. The number of rotatable bonds is 4. The van der Waals surface area contributed by atoms with Gasteiger partial charge in [-0.25, -0.2) is 4.98 Å². The zero-order chi connectivity index (χ0) is 14.8. The number of pyridine rings is 1. The fourth-order valence-corrected chi connectivity index (χ4v) is 2.22. The molecule has 0 unspecified atom stereocenters. The van der Waals surface area contributed by atoms with Crippen LogP contribution < -0.4 is 4.74 Å². The van der Waals surface area contributed by atoms with E-state index >= 15 is 0 Å². The number of aromatic nitrogens is 2. The molecule has 2 heterocycles. The van der Waals surface area contributed by atoms with Gasteiger partial charge in [0.25, 0.3) is 0 Å². The number of benzene rings is 1. The van der Waals surface area contributed by atoms with Crippen LogP contribution in [-0.4, -0.2) is 21.6 Å². The summed E-state index contributed by atoms with van der Waals surface area (Å²) in [5, 5.41) is 12.3. The minimum Gasteiger partial charge on any atom is -0.497 e. The first-order chi connectivity index (χ1) is 10.3. The van der Waals surface area contributed by atoms with Crippen molar-refractivity contribution in [3.8, 4) is 17.0 Å². The Hall–Kier alpha value is -2.73. The van der Waals surface area contributed by atoms with Crippen molar-refractivity contribution in [1.29, 1.82) is 0 Å². The maximum Gasteiger partial charge on any atom is 0.209 e. The van der Waals surface area contributed by atoms with Crippen molar-refractivity contribution in [1.82, 2.24) is 9.38 Å². The summed E-state index contributed by atoms with van der Waals surface area (Å²) in [5.74, 6) is 0.903. The highest BCUT2D eigenvalue weighted by molar-refractivity contribution is 5.75. The molecule has 0 fully saturated rings. The molecule has 0 aliphatic heterocycles. The molecule has 0 saturated heterocycles. The lowest BCUT2D eigenvalue weighted by Gasteiger charge is -2.02. The molecule has 1 aromatic carbocycles. The highest BCUT2D eigenvalue weighted by atomic mass is 16.5. The second-order valence-electron chi connectivity index (χ2n) is 4.53. The Bertz CT molecular complexity index is 811. The number of fused-ring (bicyclic) bond motifs is 1. The van der Waals surface area contributed by atoms with Crippen LogP contribution in [0.5, 0.6) is 5.75 Å². The van der Waals surface area contributed by atoms with Gasteiger partial charge >= 0.3 is 0 Å². The summed E-state index contributed by atoms with van der Waals surface area (Å²) >= 11 is 0. The number of aliphatic hydroxyl groups excluding tert-OH is 1. The Kier molecular flexibility index (Phi) is 3.37. The van der Waals surface area contributed by atoms with E-state index in [4.69, 9.17) is 4.74 Å². The molecular formula is C15H13N3O3. The molecule has 1 N–H and O–H groups in total. The SMILES string of the molecule is COc1cccc(-c2nc3cc(CO)ccn3c2N=O)c1. The van der Waals surface area contributed by atoms with Gasteiger partial charge in [-0.1, -0.05) is 12.1 Å². The molecule has 0 aliphatic rings. The number of hydrogen-bond acceptors (Lipinski definition) is 5. The van der Waals surface area contributed by atoms with E-state index in [1.165, 1.54) is 0 Å². The molecule has 0 radical (unpaired) electrons. The summed E-state index contributed by atoms with van der Waals surface area (Å²) in [6, 6.07) is 10.7. The largest absolute Gasteiger partial charge is 0.497 e. The lowest BCUT2D eigenvalue weighted by Crippen LogP contribution is -1.88. The van der Waals surface area contributed by atoms with Crippen LogP contribution in [0, 0.1) is 4.91 Å². The van der Waals surface area contributed by atoms with Gasteiger partial charge in [0, 0.05) is 11.8 Å². The molecule has 0 spiro atoms. The van der Waals surface area contributed by atoms with Crippen molar-refractivity contribution < 1.29 is 9.84 Å². The van der Waals surface area contributed by atoms with E-state index in [2.05, 4.69) is 10.2 Å². The fraction of sp³-hybridized carbons (Fsp3) is 0.133. The van der Waals surface area contributed by atoms with Gasteiger partial charge in [0.15, 0.2) is 0 Å². The van der Waals surface area contributed by atoms with Crippen LogP contribution in [0.2, 0.25) is 0 Å². The highest BCUT2D eigenvalue weighted by Crippen LogP contribution is 2.32. The van der Waals surface area contributed by atoms with E-state index in [-0.39, 0.29) is 12.4 Å². The maximum absolute atomic E-state index is 11.2. The Morgan fingerprint density at radius 1 is 1.33 bits per heavy atom. The third kappa shape index (κ3) is 2.25. The quantitative estimate of drug-likeness (QED) is 0.747. The van der Waals surface area contributed by atoms with Crippen molar-refractivity contribution in [3.63, 3.8) is 0 Å². The van der Waals surface area contributed by atoms with Crippen molar-refractivity contribution in [2.75, 3.05) is 7.11 Å². The third-order valence-electron chi connectivity index (χ3n) is 3.28. The van der Waals surface area contributed by atoms with Gasteiger partial charge in [-0.05, 0) is 35.0 Å². The van der Waals surface area contributed by atoms with E-state index < -0.39 is 0 Å². The summed E-state index contributed by atoms with van der Waals surface area (Å²) in [4.78, 5) is 15.6. The lowest BCUT2D eigenvalue weighted by atomic mass is 10.1. The Labute approximate surface area is 120 Å². The molecule has 106 valence electrons. The van der Waals surface area contributed by atoms with Gasteiger partial charge in [0.2, 0.25) is 5.82 Å². The Morgan fingerprint density at radius 3 is 2.90 bits per heavy atom. The van der Waals surface area contributed by atoms with Gasteiger partial charge in [-0.3, -0.25) is 4.40 Å². The normalized spacial score (nSPS) is 10.8. The van der Waals surface area contributed by atoms with Crippen LogP contribution in [0.15, 0.2) is 47.8 Å². The van der Waals surface area contributed by atoms with E-state index in [1.807, 2.05) is 18.2 Å². The third-order valence-corrected chi connectivity index (χ3v) is 3.28. The number of ether oxygens (including phenoxy) is 1. The number of imidazole rings is 1. The van der Waals surface area contributed by atoms with Crippen molar-refractivity contribution in [2.45, 2.75) is 6.61 Å². The van der Waals surface area contributed by atoms with Gasteiger partial charge in [0.05, 0.1) is 13.7 Å². The van der Waals surface area contributed by atoms with Crippen LogP contribution in [-0.2, 0) is 6.61 Å². The van der Waals surface area contributed by atoms with E-state index in [9.17, 15) is 10.0 Å². The average molecular weight is 283 g/mol. The smallest absolute Gasteiger partial charge is 0.209 e. The minimum atomic E-state index is -0.0816. The van der Waals surface area contributed by atoms with E-state index in [0.717, 1.165) is 11.1 Å². The van der Waals surface area contributed by atoms with Gasteiger partial charge in [-0.2, -0.15) is 0 Å². The first-order valence-corrected chi connectivity index (χ1v) is 6.36. The molecule has 0 atom stereocenters. The van der Waals surface area contributed by atoms with Gasteiger partial charge in [0.1, 0.15) is 17.1 Å². The Balaban J connectivity index is 2.23. The highest BCUT2D eigenvalue weighted by Gasteiger charge is 2.15. The molecule has 21 heavy (non-hydrogen) atoms. The predicted molar refractivity (Wildman–Crippen MR) is 78.6 cm³/mol. The van der Waals surface area contributed by atoms with Crippen LogP contribution in [0.3, 0.4) is 0 Å². The maximum atomic E-state index is 11.2. The van der Waals surface area contributed by atoms with E-state index in [0.29, 0.717) is 17.1 Å². The average Bonchev–Trinajstić information content (AvgIpc) is 2.92. The zero-order valence-electron chi connectivity index (χ0n) is 11.4. The van der Waals surface area contributed by atoms with E-state index in [1.54, 1.807) is 35.9 Å². The second-order valence-corrected chi connectivity index (χ2v) is 4.53. The monoisotopic (exact) mass is 283 g/mol. The van der Waals surface area contributed by atoms with Gasteiger partial charge < -0.3 is 9.84 Å². The molecular weight excluding hydrogens is 270 g/mol. The summed E-state index contributed by atoms with van der Waals surface area (Å²) in [5.41, 5.74) is 2.52. The zero-order valence-corrected chi connectivity index (χ0v) is 11.4. The van der Waals surface area contributed by atoms with Gasteiger partial charge in [-0.15, -0.1) is 4.91 Å². The molecule has 2 aromatic heterocycles. The fourth-order valence-electron chi connectivity index (χ4n) is 2.22. The molecule has 3 rings (SSSR count). The lowest BCUT2D eigenvalue weighted by molar-refractivity contribution is 0.282. The molecule has 0 amide bonds. The summed E-state index contributed by atoms with van der Waals surface area (Å²) in [6.45, 7) is -0.0816.